The fourth-order valence-corrected chi connectivity index (χ4v) is 1.72. The van der Waals surface area contributed by atoms with Gasteiger partial charge in [-0.25, -0.2) is 14.6 Å². The molecule has 0 atom stereocenters. The van der Waals surface area contributed by atoms with Gasteiger partial charge >= 0.3 is 11.9 Å². The van der Waals surface area contributed by atoms with Crippen LogP contribution in [-0.2, 0) is 16.1 Å². The number of carboxylic acids is 1. The standard InChI is InChI=1S/C15H12N2O5/c18-13(11-4-2-1-3-5-11)9-17-7-6-16-12(8-17)15(21)22-10-14(19)20/h1-8H,9-10H2/p+1. The molecule has 0 amide bonds. The minimum atomic E-state index is -1.25. The molecule has 0 fully saturated rings. The van der Waals surface area contributed by atoms with Gasteiger partial charge in [0, 0.05) is 5.56 Å². The van der Waals surface area contributed by atoms with Gasteiger partial charge in [0.25, 0.3) is 0 Å². The van der Waals surface area contributed by atoms with E-state index in [1.54, 1.807) is 24.3 Å². The summed E-state index contributed by atoms with van der Waals surface area (Å²) in [7, 11) is 0. The molecule has 112 valence electrons. The summed E-state index contributed by atoms with van der Waals surface area (Å²) in [6.45, 7) is -0.704. The molecule has 0 unspecified atom stereocenters. The molecule has 0 aliphatic rings. The molecule has 1 aromatic heterocycles. The number of rotatable bonds is 6. The van der Waals surface area contributed by atoms with Gasteiger partial charge in [0.1, 0.15) is 0 Å². The van der Waals surface area contributed by atoms with Crippen LogP contribution in [0.1, 0.15) is 20.8 Å². The van der Waals surface area contributed by atoms with E-state index in [-0.39, 0.29) is 18.0 Å². The van der Waals surface area contributed by atoms with Crippen molar-refractivity contribution in [3.63, 3.8) is 0 Å². The van der Waals surface area contributed by atoms with E-state index in [1.165, 1.54) is 23.2 Å². The summed E-state index contributed by atoms with van der Waals surface area (Å²) in [6.07, 6.45) is 4.22. The van der Waals surface area contributed by atoms with Crippen molar-refractivity contribution in [2.75, 3.05) is 6.61 Å². The Kier molecular flexibility index (Phi) is 4.92. The first-order valence-electron chi connectivity index (χ1n) is 6.38. The van der Waals surface area contributed by atoms with Gasteiger partial charge in [0.2, 0.25) is 24.2 Å². The molecule has 1 aromatic carbocycles. The second-order valence-corrected chi connectivity index (χ2v) is 4.37. The number of hydrogen-bond acceptors (Lipinski definition) is 5. The molecule has 2 aromatic rings. The summed E-state index contributed by atoms with van der Waals surface area (Å²) in [6, 6.07) is 8.74. The third kappa shape index (κ3) is 4.20. The molecular formula is C15H13N2O5+. The number of carboxylic acid groups (broad SMARTS) is 1. The smallest absolute Gasteiger partial charge is 0.363 e. The molecule has 0 aliphatic carbocycles. The molecule has 0 saturated carbocycles. The maximum absolute atomic E-state index is 12.1. The monoisotopic (exact) mass is 301 g/mol. The number of aliphatic carboxylic acids is 1. The van der Waals surface area contributed by atoms with Crippen molar-refractivity contribution in [2.24, 2.45) is 0 Å². The Bertz CT molecular complexity index is 700. The van der Waals surface area contributed by atoms with Crippen molar-refractivity contribution in [3.05, 3.63) is 60.2 Å². The fraction of sp³-hybridized carbons (Fsp3) is 0.133. The number of aromatic nitrogens is 2. The summed E-state index contributed by atoms with van der Waals surface area (Å²) < 4.78 is 6.02. The van der Waals surface area contributed by atoms with Crippen LogP contribution in [-0.4, -0.2) is 34.4 Å². The zero-order chi connectivity index (χ0) is 15.9. The van der Waals surface area contributed by atoms with Crippen LogP contribution in [0.4, 0.5) is 0 Å². The molecular weight excluding hydrogens is 288 g/mol. The van der Waals surface area contributed by atoms with Gasteiger partial charge in [-0.1, -0.05) is 30.3 Å². The first-order valence-corrected chi connectivity index (χ1v) is 6.38. The Balaban J connectivity index is 2.07. The van der Waals surface area contributed by atoms with Crippen LogP contribution in [0.3, 0.4) is 0 Å². The second-order valence-electron chi connectivity index (χ2n) is 4.37. The van der Waals surface area contributed by atoms with Gasteiger partial charge < -0.3 is 9.84 Å². The number of ketones is 1. The lowest BCUT2D eigenvalue weighted by Gasteiger charge is -2.01. The van der Waals surface area contributed by atoms with E-state index in [2.05, 4.69) is 9.72 Å². The Labute approximate surface area is 125 Å². The molecule has 2 rings (SSSR count). The number of ether oxygens (including phenoxy) is 1. The molecule has 22 heavy (non-hydrogen) atoms. The van der Waals surface area contributed by atoms with Gasteiger partial charge in [-0.3, -0.25) is 4.79 Å². The van der Waals surface area contributed by atoms with Crippen LogP contribution in [0.25, 0.3) is 0 Å². The molecule has 0 radical (unpaired) electrons. The molecule has 1 heterocycles. The van der Waals surface area contributed by atoms with E-state index in [0.717, 1.165) is 0 Å². The largest absolute Gasteiger partial charge is 0.479 e. The Morgan fingerprint density at radius 2 is 1.91 bits per heavy atom. The molecule has 7 heteroatoms. The first kappa shape index (κ1) is 15.3. The van der Waals surface area contributed by atoms with Crippen molar-refractivity contribution in [2.45, 2.75) is 6.54 Å². The lowest BCUT2D eigenvalue weighted by atomic mass is 10.1. The highest BCUT2D eigenvalue weighted by Crippen LogP contribution is 2.00. The lowest BCUT2D eigenvalue weighted by molar-refractivity contribution is -0.683. The predicted octanol–water partition coefficient (Wildman–Crippen LogP) is 0.493. The molecule has 0 bridgehead atoms. The first-order chi connectivity index (χ1) is 10.6. The second kappa shape index (κ2) is 7.07. The Morgan fingerprint density at radius 3 is 2.59 bits per heavy atom. The van der Waals surface area contributed by atoms with Crippen LogP contribution in [0, 0.1) is 0 Å². The van der Waals surface area contributed by atoms with Gasteiger partial charge in [-0.15, -0.1) is 0 Å². The fourth-order valence-electron chi connectivity index (χ4n) is 1.72. The van der Waals surface area contributed by atoms with E-state index in [0.29, 0.717) is 5.56 Å². The molecule has 7 nitrogen and oxygen atoms in total. The number of nitrogens with zero attached hydrogens (tertiary/aromatic N) is 2. The summed E-state index contributed by atoms with van der Waals surface area (Å²) in [4.78, 5) is 37.8. The van der Waals surface area contributed by atoms with E-state index in [9.17, 15) is 14.4 Å². The topological polar surface area (TPSA) is 97.4 Å². The zero-order valence-electron chi connectivity index (χ0n) is 11.5. The van der Waals surface area contributed by atoms with Crippen LogP contribution in [0.5, 0.6) is 0 Å². The number of carbonyl (C=O) groups is 3. The van der Waals surface area contributed by atoms with Gasteiger partial charge in [0.05, 0.1) is 6.20 Å². The predicted molar refractivity (Wildman–Crippen MR) is 73.1 cm³/mol. The summed E-state index contributed by atoms with van der Waals surface area (Å²) >= 11 is 0. The van der Waals surface area contributed by atoms with Crippen LogP contribution in [0.15, 0.2) is 48.9 Å². The lowest BCUT2D eigenvalue weighted by Crippen LogP contribution is -2.38. The molecule has 0 saturated heterocycles. The summed E-state index contributed by atoms with van der Waals surface area (Å²) in [5, 5.41) is 8.46. The molecule has 1 N–H and O–H groups in total. The van der Waals surface area contributed by atoms with E-state index < -0.39 is 18.5 Å². The van der Waals surface area contributed by atoms with Gasteiger partial charge in [0.15, 0.2) is 12.8 Å². The highest BCUT2D eigenvalue weighted by atomic mass is 16.5. The Hall–Kier alpha value is -3.09. The maximum atomic E-state index is 12.1. The van der Waals surface area contributed by atoms with Crippen LogP contribution >= 0.6 is 0 Å². The number of Topliss-reactive ketones (excluding diaryl/α,β-unsaturated/α-hetero) is 1. The number of carbonyl (C=O) groups excluding carboxylic acids is 2. The highest BCUT2D eigenvalue weighted by molar-refractivity contribution is 5.95. The maximum Gasteiger partial charge on any atom is 0.363 e. The van der Waals surface area contributed by atoms with Gasteiger partial charge in [-0.2, -0.15) is 4.57 Å². The zero-order valence-corrected chi connectivity index (χ0v) is 11.5. The average molecular weight is 301 g/mol. The van der Waals surface area contributed by atoms with Crippen molar-refractivity contribution in [1.29, 1.82) is 0 Å². The SMILES string of the molecule is O=C(O)COC(=O)c1c[n+](CC(=O)c2ccccc2)ccn1. The number of hydrogen-bond donors (Lipinski definition) is 1. The number of benzene rings is 1. The normalized spacial score (nSPS) is 10.0. The minimum absolute atomic E-state index is 0.0335. The van der Waals surface area contributed by atoms with E-state index in [4.69, 9.17) is 5.11 Å². The average Bonchev–Trinajstić information content (AvgIpc) is 2.53. The van der Waals surface area contributed by atoms with Crippen LogP contribution < -0.4 is 4.57 Å². The van der Waals surface area contributed by atoms with Gasteiger partial charge in [-0.05, 0) is 0 Å². The quantitative estimate of drug-likeness (QED) is 0.474. The van der Waals surface area contributed by atoms with Crippen molar-refractivity contribution >= 4 is 17.7 Å². The summed E-state index contributed by atoms with van der Waals surface area (Å²) in [5.74, 6) is -2.23. The minimum Gasteiger partial charge on any atom is -0.479 e. The van der Waals surface area contributed by atoms with Crippen molar-refractivity contribution in [3.8, 4) is 0 Å². The van der Waals surface area contributed by atoms with Crippen molar-refractivity contribution < 1.29 is 28.8 Å². The Morgan fingerprint density at radius 1 is 1.18 bits per heavy atom. The number of esters is 1. The summed E-state index contributed by atoms with van der Waals surface area (Å²) in [5.41, 5.74) is 0.492. The van der Waals surface area contributed by atoms with Crippen molar-refractivity contribution in [1.82, 2.24) is 4.98 Å². The molecule has 0 spiro atoms. The van der Waals surface area contributed by atoms with E-state index >= 15 is 0 Å². The molecule has 0 aliphatic heterocycles. The van der Waals surface area contributed by atoms with E-state index in [1.807, 2.05) is 6.07 Å². The third-order valence-corrected chi connectivity index (χ3v) is 2.72. The third-order valence-electron chi connectivity index (χ3n) is 2.72. The highest BCUT2D eigenvalue weighted by Gasteiger charge is 2.17. The van der Waals surface area contributed by atoms with Crippen LogP contribution in [0.2, 0.25) is 0 Å².